The van der Waals surface area contributed by atoms with Crippen molar-refractivity contribution in [3.63, 3.8) is 0 Å². The lowest BCUT2D eigenvalue weighted by Gasteiger charge is -2.36. The molecule has 5 heteroatoms. The van der Waals surface area contributed by atoms with Crippen LogP contribution < -0.4 is 5.73 Å². The van der Waals surface area contributed by atoms with Crippen molar-refractivity contribution < 1.29 is 9.59 Å². The zero-order valence-corrected chi connectivity index (χ0v) is 16.4. The number of nitrogens with two attached hydrogens (primary N) is 1. The van der Waals surface area contributed by atoms with Gasteiger partial charge in [0.25, 0.3) is 5.91 Å². The summed E-state index contributed by atoms with van der Waals surface area (Å²) in [6.07, 6.45) is 1.43. The molecule has 30 heavy (non-hydrogen) atoms. The van der Waals surface area contributed by atoms with E-state index in [4.69, 9.17) is 5.73 Å². The molecule has 0 saturated heterocycles. The summed E-state index contributed by atoms with van der Waals surface area (Å²) in [7, 11) is 0. The zero-order chi connectivity index (χ0) is 21.1. The quantitative estimate of drug-likeness (QED) is 0.710. The molecule has 0 unspecified atom stereocenters. The average Bonchev–Trinajstić information content (AvgIpc) is 3.20. The van der Waals surface area contributed by atoms with E-state index in [2.05, 4.69) is 6.07 Å². The number of rotatable bonds is 5. The predicted octanol–water partition coefficient (Wildman–Crippen LogP) is 3.91. The summed E-state index contributed by atoms with van der Waals surface area (Å²) in [5, 5.41) is 9.35. The van der Waals surface area contributed by atoms with Crippen molar-refractivity contribution in [1.82, 2.24) is 4.90 Å². The average molecular weight is 395 g/mol. The number of carbonyl (C=O) groups excluding carboxylic acids is 2. The highest BCUT2D eigenvalue weighted by molar-refractivity contribution is 5.98. The molecular weight excluding hydrogens is 374 g/mol. The van der Waals surface area contributed by atoms with Crippen molar-refractivity contribution in [2.75, 3.05) is 0 Å². The van der Waals surface area contributed by atoms with E-state index in [9.17, 15) is 14.9 Å². The number of hydrogen-bond donors (Lipinski definition) is 1. The number of amides is 2. The van der Waals surface area contributed by atoms with Crippen LogP contribution in [0.15, 0.2) is 78.9 Å². The molecule has 0 aromatic heterocycles. The molecule has 0 saturated carbocycles. The third-order valence-corrected chi connectivity index (χ3v) is 5.58. The van der Waals surface area contributed by atoms with Crippen molar-refractivity contribution in [2.45, 2.75) is 24.9 Å². The van der Waals surface area contributed by atoms with Crippen LogP contribution in [0.1, 0.15) is 51.1 Å². The monoisotopic (exact) mass is 395 g/mol. The van der Waals surface area contributed by atoms with Crippen molar-refractivity contribution in [3.8, 4) is 6.07 Å². The molecule has 0 heterocycles. The Hall–Kier alpha value is -3.91. The second-order valence-corrected chi connectivity index (χ2v) is 7.37. The first-order valence-corrected chi connectivity index (χ1v) is 9.85. The van der Waals surface area contributed by atoms with Crippen molar-refractivity contribution in [3.05, 3.63) is 107 Å². The van der Waals surface area contributed by atoms with Gasteiger partial charge in [0.05, 0.1) is 17.7 Å². The fraction of sp³-hybridized carbons (Fsp3) is 0.160. The highest BCUT2D eigenvalue weighted by Gasteiger charge is 2.39. The van der Waals surface area contributed by atoms with Crippen LogP contribution in [0.2, 0.25) is 0 Å². The van der Waals surface area contributed by atoms with Gasteiger partial charge in [0.1, 0.15) is 6.04 Å². The Morgan fingerprint density at radius 1 is 1.00 bits per heavy atom. The molecular formula is C25H21N3O2. The zero-order valence-electron chi connectivity index (χ0n) is 16.4. The van der Waals surface area contributed by atoms with Gasteiger partial charge in [0.15, 0.2) is 0 Å². The Kier molecular flexibility index (Phi) is 5.32. The molecule has 2 atom stereocenters. The van der Waals surface area contributed by atoms with Crippen LogP contribution in [0.4, 0.5) is 0 Å². The van der Waals surface area contributed by atoms with Gasteiger partial charge < -0.3 is 10.6 Å². The molecule has 4 rings (SSSR count). The lowest BCUT2D eigenvalue weighted by molar-refractivity contribution is -0.123. The van der Waals surface area contributed by atoms with E-state index >= 15 is 0 Å². The van der Waals surface area contributed by atoms with E-state index in [1.165, 1.54) is 0 Å². The fourth-order valence-corrected chi connectivity index (χ4v) is 4.20. The summed E-state index contributed by atoms with van der Waals surface area (Å²) in [5.41, 5.74) is 9.52. The number of nitriles is 1. The van der Waals surface area contributed by atoms with Crippen LogP contribution in [0.5, 0.6) is 0 Å². The van der Waals surface area contributed by atoms with Gasteiger partial charge in [0, 0.05) is 5.56 Å². The summed E-state index contributed by atoms with van der Waals surface area (Å²) in [4.78, 5) is 27.9. The van der Waals surface area contributed by atoms with Gasteiger partial charge >= 0.3 is 0 Å². The maximum absolute atomic E-state index is 13.7. The first-order valence-electron chi connectivity index (χ1n) is 9.85. The van der Waals surface area contributed by atoms with Crippen molar-refractivity contribution in [1.29, 1.82) is 5.26 Å². The lowest BCUT2D eigenvalue weighted by Crippen LogP contribution is -2.43. The van der Waals surface area contributed by atoms with Gasteiger partial charge in [-0.25, -0.2) is 0 Å². The van der Waals surface area contributed by atoms with Gasteiger partial charge in [0.2, 0.25) is 5.91 Å². The van der Waals surface area contributed by atoms with Crippen LogP contribution in [-0.4, -0.2) is 16.7 Å². The topological polar surface area (TPSA) is 87.2 Å². The van der Waals surface area contributed by atoms with Crippen LogP contribution in [0, 0.1) is 11.3 Å². The van der Waals surface area contributed by atoms with Gasteiger partial charge in [-0.15, -0.1) is 0 Å². The molecule has 0 fully saturated rings. The van der Waals surface area contributed by atoms with E-state index in [-0.39, 0.29) is 11.9 Å². The maximum Gasteiger partial charge on any atom is 0.255 e. The van der Waals surface area contributed by atoms with E-state index in [1.54, 1.807) is 35.2 Å². The molecule has 0 aliphatic heterocycles. The van der Waals surface area contributed by atoms with E-state index in [0.29, 0.717) is 23.1 Å². The van der Waals surface area contributed by atoms with E-state index < -0.39 is 11.9 Å². The molecule has 1 aliphatic rings. The number of benzene rings is 3. The maximum atomic E-state index is 13.7. The Labute approximate surface area is 175 Å². The first kappa shape index (κ1) is 19.4. The van der Waals surface area contributed by atoms with Gasteiger partial charge in [-0.1, -0.05) is 54.6 Å². The highest BCUT2D eigenvalue weighted by Crippen LogP contribution is 2.41. The van der Waals surface area contributed by atoms with Crippen LogP contribution in [0.3, 0.4) is 0 Å². The van der Waals surface area contributed by atoms with Crippen LogP contribution >= 0.6 is 0 Å². The second kappa shape index (κ2) is 8.22. The largest absolute Gasteiger partial charge is 0.368 e. The molecule has 0 spiro atoms. The molecule has 3 aromatic rings. The standard InChI is InChI=1S/C25H21N3O2/c26-16-17-11-12-18-13-14-22(21(18)15-17)28(25(30)20-9-5-2-6-10-20)23(24(27)29)19-7-3-1-4-8-19/h1-12,15,22-23H,13-14H2,(H2,27,29)/t22-,23-/m1/s1. The Bertz CT molecular complexity index is 1120. The number of fused-ring (bicyclic) bond motifs is 1. The van der Waals surface area contributed by atoms with E-state index in [0.717, 1.165) is 17.5 Å². The molecule has 2 amide bonds. The van der Waals surface area contributed by atoms with Crippen molar-refractivity contribution in [2.24, 2.45) is 5.73 Å². The van der Waals surface area contributed by atoms with Gasteiger partial charge in [-0.2, -0.15) is 5.26 Å². The first-order chi connectivity index (χ1) is 14.6. The smallest absolute Gasteiger partial charge is 0.255 e. The third-order valence-electron chi connectivity index (χ3n) is 5.58. The summed E-state index contributed by atoms with van der Waals surface area (Å²) in [5.74, 6) is -0.848. The molecule has 0 bridgehead atoms. The normalized spacial score (nSPS) is 15.6. The Morgan fingerprint density at radius 3 is 2.30 bits per heavy atom. The summed E-state index contributed by atoms with van der Waals surface area (Å²) < 4.78 is 0. The number of carbonyl (C=O) groups is 2. The number of primary amides is 1. The van der Waals surface area contributed by atoms with Gasteiger partial charge in [-0.05, 0) is 53.8 Å². The minimum absolute atomic E-state index is 0.261. The lowest BCUT2D eigenvalue weighted by atomic mass is 9.97. The minimum atomic E-state index is -0.916. The minimum Gasteiger partial charge on any atom is -0.368 e. The van der Waals surface area contributed by atoms with Gasteiger partial charge in [-0.3, -0.25) is 9.59 Å². The number of nitrogens with zero attached hydrogens (tertiary/aromatic N) is 2. The number of aryl methyl sites for hydroxylation is 1. The van der Waals surface area contributed by atoms with Crippen molar-refractivity contribution >= 4 is 11.8 Å². The van der Waals surface area contributed by atoms with Crippen LogP contribution in [0.25, 0.3) is 0 Å². The Morgan fingerprint density at radius 2 is 1.67 bits per heavy atom. The third kappa shape index (κ3) is 3.56. The fourth-order valence-electron chi connectivity index (χ4n) is 4.20. The summed E-state index contributed by atoms with van der Waals surface area (Å²) in [6.45, 7) is 0. The second-order valence-electron chi connectivity index (χ2n) is 7.37. The molecule has 0 radical (unpaired) electrons. The van der Waals surface area contributed by atoms with E-state index in [1.807, 2.05) is 48.5 Å². The summed E-state index contributed by atoms with van der Waals surface area (Å²) >= 11 is 0. The molecule has 148 valence electrons. The highest BCUT2D eigenvalue weighted by atomic mass is 16.2. The number of hydrogen-bond acceptors (Lipinski definition) is 3. The molecule has 1 aliphatic carbocycles. The molecule has 5 nitrogen and oxygen atoms in total. The SMILES string of the molecule is N#Cc1ccc2c(c1)[C@H](N(C(=O)c1ccccc1)[C@@H](C(N)=O)c1ccccc1)CC2. The predicted molar refractivity (Wildman–Crippen MR) is 113 cm³/mol. The summed E-state index contributed by atoms with van der Waals surface area (Å²) in [6, 6.07) is 24.5. The van der Waals surface area contributed by atoms with Crippen LogP contribution in [-0.2, 0) is 11.2 Å². The Balaban J connectivity index is 1.87. The molecule has 3 aromatic carbocycles. The molecule has 2 N–H and O–H groups in total.